The number of pyridine rings is 1. The maximum absolute atomic E-state index is 13.0. The number of para-hydroxylation sites is 1. The lowest BCUT2D eigenvalue weighted by Crippen LogP contribution is -2.68. The molecule has 1 unspecified atom stereocenters. The number of carbonyl (C=O) groups excluding carboxylic acids is 1. The van der Waals surface area contributed by atoms with E-state index in [1.807, 2.05) is 42.5 Å². The molecule has 30 heavy (non-hydrogen) atoms. The van der Waals surface area contributed by atoms with Crippen molar-refractivity contribution in [1.82, 2.24) is 14.9 Å². The lowest BCUT2D eigenvalue weighted by Gasteiger charge is -2.49. The van der Waals surface area contributed by atoms with E-state index in [1.54, 1.807) is 17.3 Å². The molecule has 2 aliphatic rings. The predicted molar refractivity (Wildman–Crippen MR) is 113 cm³/mol. The molecule has 2 aliphatic heterocycles. The van der Waals surface area contributed by atoms with Gasteiger partial charge in [0, 0.05) is 42.3 Å². The van der Waals surface area contributed by atoms with Crippen LogP contribution in [0.1, 0.15) is 22.5 Å². The molecule has 1 amide bonds. The lowest BCUT2D eigenvalue weighted by molar-refractivity contribution is 0.0205. The summed E-state index contributed by atoms with van der Waals surface area (Å²) in [6.07, 6.45) is 3.98. The quantitative estimate of drug-likeness (QED) is 0.678. The summed E-state index contributed by atoms with van der Waals surface area (Å²) in [4.78, 5) is 22.0. The molecule has 4 heterocycles. The molecule has 1 atom stereocenters. The second-order valence-corrected chi connectivity index (χ2v) is 10.6. The van der Waals surface area contributed by atoms with Crippen molar-refractivity contribution in [1.29, 1.82) is 0 Å². The summed E-state index contributed by atoms with van der Waals surface area (Å²) in [5, 5.41) is 0.855. The highest BCUT2D eigenvalue weighted by Crippen LogP contribution is 2.45. The molecule has 1 aromatic carbocycles. The van der Waals surface area contributed by atoms with Gasteiger partial charge in [0.15, 0.2) is 9.84 Å². The molecule has 2 saturated heterocycles. The third-order valence-corrected chi connectivity index (χ3v) is 9.02. The number of rotatable bonds is 5. The molecule has 0 aliphatic carbocycles. The minimum Gasteiger partial charge on any atom is -0.375 e. The van der Waals surface area contributed by atoms with E-state index in [4.69, 9.17) is 4.74 Å². The normalized spacial score (nSPS) is 21.7. The topological polar surface area (TPSA) is 92.4 Å². The van der Waals surface area contributed by atoms with Crippen molar-refractivity contribution >= 4 is 26.6 Å². The Kier molecular flexibility index (Phi) is 4.63. The Balaban J connectivity index is 1.29. The minimum absolute atomic E-state index is 0.113. The second kappa shape index (κ2) is 7.21. The number of amides is 1. The van der Waals surface area contributed by atoms with Gasteiger partial charge in [-0.25, -0.2) is 8.42 Å². The SMILES string of the molecule is O=C(c1c[nH]c2ccccc12)N1CC2(C1)C(COCc1ccccn1)CCS2(=O)=O. The molecule has 156 valence electrons. The van der Waals surface area contributed by atoms with E-state index >= 15 is 0 Å². The van der Waals surface area contributed by atoms with Crippen LogP contribution in [0.15, 0.2) is 54.9 Å². The highest BCUT2D eigenvalue weighted by atomic mass is 32.2. The highest BCUT2D eigenvalue weighted by Gasteiger charge is 2.62. The van der Waals surface area contributed by atoms with Crippen LogP contribution >= 0.6 is 0 Å². The second-order valence-electron chi connectivity index (χ2n) is 8.11. The minimum atomic E-state index is -3.27. The number of sulfone groups is 1. The number of likely N-dealkylation sites (tertiary alicyclic amines) is 1. The smallest absolute Gasteiger partial charge is 0.256 e. The fraction of sp³-hybridized carbons (Fsp3) is 0.364. The number of H-pyrrole nitrogens is 1. The maximum atomic E-state index is 13.0. The molecule has 0 saturated carbocycles. The van der Waals surface area contributed by atoms with E-state index in [0.29, 0.717) is 25.2 Å². The molecule has 0 radical (unpaired) electrons. The molecule has 7 nitrogen and oxygen atoms in total. The van der Waals surface area contributed by atoms with Crippen molar-refractivity contribution < 1.29 is 17.9 Å². The van der Waals surface area contributed by atoms with Crippen LogP contribution in [-0.4, -0.2) is 59.4 Å². The molecule has 2 aromatic heterocycles. The van der Waals surface area contributed by atoms with E-state index in [2.05, 4.69) is 9.97 Å². The monoisotopic (exact) mass is 425 g/mol. The van der Waals surface area contributed by atoms with Crippen molar-refractivity contribution in [3.63, 3.8) is 0 Å². The van der Waals surface area contributed by atoms with Crippen LogP contribution in [-0.2, 0) is 21.2 Å². The van der Waals surface area contributed by atoms with Gasteiger partial charge < -0.3 is 14.6 Å². The fourth-order valence-corrected chi connectivity index (χ4v) is 7.06. The van der Waals surface area contributed by atoms with Gasteiger partial charge >= 0.3 is 0 Å². The van der Waals surface area contributed by atoms with E-state index in [1.165, 1.54) is 0 Å². The van der Waals surface area contributed by atoms with Crippen molar-refractivity contribution in [2.24, 2.45) is 5.92 Å². The van der Waals surface area contributed by atoms with Gasteiger partial charge in [-0.05, 0) is 24.6 Å². The Bertz CT molecular complexity index is 1180. The number of aromatic amines is 1. The average Bonchev–Trinajstić information content (AvgIpc) is 3.26. The first-order valence-corrected chi connectivity index (χ1v) is 11.7. The van der Waals surface area contributed by atoms with Crippen molar-refractivity contribution in [3.05, 3.63) is 66.1 Å². The first-order valence-electron chi connectivity index (χ1n) is 10.1. The molecule has 1 spiro atoms. The van der Waals surface area contributed by atoms with Crippen LogP contribution in [0.4, 0.5) is 0 Å². The summed E-state index contributed by atoms with van der Waals surface area (Å²) in [5.74, 6) is -0.0914. The summed E-state index contributed by atoms with van der Waals surface area (Å²) in [5.41, 5.74) is 2.29. The molecular formula is C22H23N3O4S. The largest absolute Gasteiger partial charge is 0.375 e. The first-order chi connectivity index (χ1) is 14.5. The zero-order chi connectivity index (χ0) is 20.8. The van der Waals surface area contributed by atoms with E-state index < -0.39 is 14.6 Å². The van der Waals surface area contributed by atoms with Gasteiger partial charge in [0.25, 0.3) is 5.91 Å². The van der Waals surface area contributed by atoms with E-state index in [9.17, 15) is 13.2 Å². The van der Waals surface area contributed by atoms with Crippen molar-refractivity contribution in [2.45, 2.75) is 17.8 Å². The van der Waals surface area contributed by atoms with Crippen LogP contribution in [0.2, 0.25) is 0 Å². The number of benzene rings is 1. The Morgan fingerprint density at radius 3 is 2.80 bits per heavy atom. The zero-order valence-electron chi connectivity index (χ0n) is 16.5. The summed E-state index contributed by atoms with van der Waals surface area (Å²) >= 11 is 0. The molecule has 5 rings (SSSR count). The number of nitrogens with one attached hydrogen (secondary N) is 1. The van der Waals surface area contributed by atoms with E-state index in [-0.39, 0.29) is 30.7 Å². The standard InChI is InChI=1S/C22H23N3O4S/c26-21(19-11-24-20-7-2-1-6-18(19)20)25-14-22(15-25)16(8-10-30(22,27)28)12-29-13-17-5-3-4-9-23-17/h1-7,9,11,16,24H,8,10,12-15H2. The average molecular weight is 426 g/mol. The number of fused-ring (bicyclic) bond motifs is 1. The highest BCUT2D eigenvalue weighted by molar-refractivity contribution is 7.93. The Labute approximate surface area is 175 Å². The molecule has 2 fully saturated rings. The molecule has 1 N–H and O–H groups in total. The van der Waals surface area contributed by atoms with Crippen molar-refractivity contribution in [3.8, 4) is 0 Å². The lowest BCUT2D eigenvalue weighted by atomic mass is 9.83. The van der Waals surface area contributed by atoms with Gasteiger partial charge in [0.2, 0.25) is 0 Å². The fourth-order valence-electron chi connectivity index (χ4n) is 4.66. The Hall–Kier alpha value is -2.71. The summed E-state index contributed by atoms with van der Waals surface area (Å²) < 4.78 is 30.7. The van der Waals surface area contributed by atoms with Gasteiger partial charge in [0.05, 0.1) is 30.2 Å². The van der Waals surface area contributed by atoms with Crippen LogP contribution < -0.4 is 0 Å². The number of carbonyl (C=O) groups is 1. The summed E-state index contributed by atoms with van der Waals surface area (Å²) in [7, 11) is -3.27. The first kappa shape index (κ1) is 19.3. The Morgan fingerprint density at radius 2 is 2.00 bits per heavy atom. The number of hydrogen-bond acceptors (Lipinski definition) is 5. The van der Waals surface area contributed by atoms with Gasteiger partial charge in [-0.2, -0.15) is 0 Å². The van der Waals surface area contributed by atoms with Crippen molar-refractivity contribution in [2.75, 3.05) is 25.4 Å². The van der Waals surface area contributed by atoms with Gasteiger partial charge in [-0.1, -0.05) is 24.3 Å². The zero-order valence-corrected chi connectivity index (χ0v) is 17.3. The number of aromatic nitrogens is 2. The van der Waals surface area contributed by atoms with Crippen LogP contribution in [0.25, 0.3) is 10.9 Å². The van der Waals surface area contributed by atoms with Gasteiger partial charge in [0.1, 0.15) is 4.75 Å². The van der Waals surface area contributed by atoms with Gasteiger partial charge in [-0.3, -0.25) is 9.78 Å². The number of hydrogen-bond donors (Lipinski definition) is 1. The number of nitrogens with zero attached hydrogens (tertiary/aromatic N) is 2. The third-order valence-electron chi connectivity index (χ3n) is 6.42. The van der Waals surface area contributed by atoms with E-state index in [0.717, 1.165) is 16.6 Å². The molecule has 8 heteroatoms. The molecular weight excluding hydrogens is 402 g/mol. The predicted octanol–water partition coefficient (Wildman–Crippen LogP) is 2.41. The molecule has 3 aromatic rings. The maximum Gasteiger partial charge on any atom is 0.256 e. The van der Waals surface area contributed by atoms with Crippen LogP contribution in [0.3, 0.4) is 0 Å². The summed E-state index contributed by atoms with van der Waals surface area (Å²) in [6.45, 7) is 1.16. The Morgan fingerprint density at radius 1 is 1.20 bits per heavy atom. The molecule has 0 bridgehead atoms. The van der Waals surface area contributed by atoms with Crippen LogP contribution in [0, 0.1) is 5.92 Å². The van der Waals surface area contributed by atoms with Crippen LogP contribution in [0.5, 0.6) is 0 Å². The summed E-state index contributed by atoms with van der Waals surface area (Å²) in [6, 6.07) is 13.2. The third kappa shape index (κ3) is 3.02. The number of ether oxygens (including phenoxy) is 1. The van der Waals surface area contributed by atoms with Gasteiger partial charge in [-0.15, -0.1) is 0 Å².